The number of pyridine rings is 1. The van der Waals surface area contributed by atoms with E-state index >= 15 is 0 Å². The Morgan fingerprint density at radius 1 is 1.56 bits per heavy atom. The summed E-state index contributed by atoms with van der Waals surface area (Å²) in [6, 6.07) is 3.30. The average molecular weight is 315 g/mol. The molecule has 1 amide bonds. The molecule has 0 saturated carbocycles. The molecule has 0 aromatic carbocycles. The highest BCUT2D eigenvalue weighted by Gasteiger charge is 2.13. The molecule has 1 unspecified atom stereocenters. The van der Waals surface area contributed by atoms with Crippen LogP contribution in [0, 0.1) is 0 Å². The van der Waals surface area contributed by atoms with Crippen LogP contribution in [-0.2, 0) is 4.79 Å². The van der Waals surface area contributed by atoms with E-state index in [2.05, 4.69) is 26.2 Å². The Bertz CT molecular complexity index is 437. The van der Waals surface area contributed by atoms with Gasteiger partial charge in [0.05, 0.1) is 5.56 Å². The normalized spacial score (nSPS) is 11.9. The Hall–Kier alpha value is -1.43. The fourth-order valence-corrected chi connectivity index (χ4v) is 1.92. The SMILES string of the molecule is CC(CCCC(=O)O)NC(=O)c1cccnc1Br. The number of nitrogens with zero attached hydrogens (tertiary/aromatic N) is 1. The maximum absolute atomic E-state index is 11.9. The molecular weight excluding hydrogens is 300 g/mol. The first-order valence-corrected chi connectivity index (χ1v) is 6.43. The maximum atomic E-state index is 11.9. The van der Waals surface area contributed by atoms with Gasteiger partial charge in [-0.2, -0.15) is 0 Å². The summed E-state index contributed by atoms with van der Waals surface area (Å²) in [5, 5.41) is 11.3. The average Bonchev–Trinajstić information content (AvgIpc) is 2.28. The van der Waals surface area contributed by atoms with Crippen LogP contribution in [0.15, 0.2) is 22.9 Å². The number of carboxylic acids is 1. The predicted molar refractivity (Wildman–Crippen MR) is 70.4 cm³/mol. The van der Waals surface area contributed by atoms with Crippen LogP contribution < -0.4 is 5.32 Å². The van der Waals surface area contributed by atoms with Crippen LogP contribution in [0.3, 0.4) is 0 Å². The summed E-state index contributed by atoms with van der Waals surface area (Å²) >= 11 is 3.21. The van der Waals surface area contributed by atoms with Crippen molar-refractivity contribution >= 4 is 27.8 Å². The Balaban J connectivity index is 2.45. The molecule has 1 rings (SSSR count). The molecule has 0 radical (unpaired) electrons. The molecule has 1 aromatic heterocycles. The van der Waals surface area contributed by atoms with Gasteiger partial charge in [-0.15, -0.1) is 0 Å². The zero-order valence-corrected chi connectivity index (χ0v) is 11.6. The summed E-state index contributed by atoms with van der Waals surface area (Å²) in [5.74, 6) is -1.03. The van der Waals surface area contributed by atoms with Crippen molar-refractivity contribution in [3.05, 3.63) is 28.5 Å². The largest absolute Gasteiger partial charge is 0.481 e. The number of hydrogen-bond acceptors (Lipinski definition) is 3. The van der Waals surface area contributed by atoms with Crippen LogP contribution >= 0.6 is 15.9 Å². The van der Waals surface area contributed by atoms with Crippen LogP contribution in [0.5, 0.6) is 0 Å². The van der Waals surface area contributed by atoms with Crippen LogP contribution in [0.4, 0.5) is 0 Å². The molecule has 6 heteroatoms. The van der Waals surface area contributed by atoms with Crippen molar-refractivity contribution in [2.24, 2.45) is 0 Å². The number of carbonyl (C=O) groups is 2. The van der Waals surface area contributed by atoms with E-state index in [1.807, 2.05) is 6.92 Å². The second-order valence-corrected chi connectivity index (χ2v) is 4.75. The van der Waals surface area contributed by atoms with E-state index in [0.717, 1.165) is 0 Å². The van der Waals surface area contributed by atoms with Gasteiger partial charge in [0.2, 0.25) is 0 Å². The first-order chi connectivity index (χ1) is 8.50. The summed E-state index contributed by atoms with van der Waals surface area (Å²) in [5.41, 5.74) is 0.475. The van der Waals surface area contributed by atoms with Crippen molar-refractivity contribution in [2.75, 3.05) is 0 Å². The van der Waals surface area contributed by atoms with E-state index < -0.39 is 5.97 Å². The van der Waals surface area contributed by atoms with Gasteiger partial charge < -0.3 is 10.4 Å². The Kier molecular flexibility index (Phi) is 5.77. The summed E-state index contributed by atoms with van der Waals surface area (Å²) < 4.78 is 0.500. The zero-order valence-electron chi connectivity index (χ0n) is 10.0. The van der Waals surface area contributed by atoms with Gasteiger partial charge in [0.1, 0.15) is 4.60 Å². The number of amides is 1. The molecule has 1 atom stereocenters. The number of rotatable bonds is 6. The lowest BCUT2D eigenvalue weighted by Crippen LogP contribution is -2.32. The number of carboxylic acid groups (broad SMARTS) is 1. The summed E-state index contributed by atoms with van der Waals surface area (Å²) in [4.78, 5) is 26.2. The Morgan fingerprint density at radius 3 is 2.89 bits per heavy atom. The molecule has 1 aromatic rings. The van der Waals surface area contributed by atoms with Gasteiger partial charge in [0, 0.05) is 18.7 Å². The quantitative estimate of drug-likeness (QED) is 0.789. The fraction of sp³-hybridized carbons (Fsp3) is 0.417. The van der Waals surface area contributed by atoms with Gasteiger partial charge in [0.15, 0.2) is 0 Å². The number of halogens is 1. The lowest BCUT2D eigenvalue weighted by Gasteiger charge is -2.13. The minimum Gasteiger partial charge on any atom is -0.481 e. The van der Waals surface area contributed by atoms with E-state index in [-0.39, 0.29) is 18.4 Å². The third-order valence-electron chi connectivity index (χ3n) is 2.41. The zero-order chi connectivity index (χ0) is 13.5. The highest BCUT2D eigenvalue weighted by molar-refractivity contribution is 9.10. The topological polar surface area (TPSA) is 79.3 Å². The van der Waals surface area contributed by atoms with Crippen molar-refractivity contribution in [2.45, 2.75) is 32.2 Å². The highest BCUT2D eigenvalue weighted by atomic mass is 79.9. The van der Waals surface area contributed by atoms with Crippen molar-refractivity contribution < 1.29 is 14.7 Å². The van der Waals surface area contributed by atoms with Crippen LogP contribution in [0.1, 0.15) is 36.5 Å². The van der Waals surface area contributed by atoms with Gasteiger partial charge in [-0.05, 0) is 47.8 Å². The predicted octanol–water partition coefficient (Wildman–Crippen LogP) is 2.22. The van der Waals surface area contributed by atoms with Crippen LogP contribution in [-0.4, -0.2) is 28.0 Å². The molecule has 18 heavy (non-hydrogen) atoms. The summed E-state index contributed by atoms with van der Waals surface area (Å²) in [6.07, 6.45) is 2.90. The molecule has 0 aliphatic heterocycles. The van der Waals surface area contributed by atoms with Gasteiger partial charge in [-0.25, -0.2) is 4.98 Å². The molecule has 5 nitrogen and oxygen atoms in total. The molecule has 2 N–H and O–H groups in total. The summed E-state index contributed by atoms with van der Waals surface area (Å²) in [6.45, 7) is 1.85. The first kappa shape index (κ1) is 14.6. The van der Waals surface area contributed by atoms with Gasteiger partial charge in [-0.3, -0.25) is 9.59 Å². The van der Waals surface area contributed by atoms with E-state index in [1.165, 1.54) is 0 Å². The molecule has 0 bridgehead atoms. The fourth-order valence-electron chi connectivity index (χ4n) is 1.49. The molecular formula is C12H15BrN2O3. The van der Waals surface area contributed by atoms with E-state index in [9.17, 15) is 9.59 Å². The molecule has 0 saturated heterocycles. The molecule has 0 fully saturated rings. The second kappa shape index (κ2) is 7.10. The van der Waals surface area contributed by atoms with E-state index in [4.69, 9.17) is 5.11 Å². The third-order valence-corrected chi connectivity index (χ3v) is 3.04. The van der Waals surface area contributed by atoms with E-state index in [1.54, 1.807) is 18.3 Å². The lowest BCUT2D eigenvalue weighted by atomic mass is 10.1. The Labute approximate surface area is 114 Å². The van der Waals surface area contributed by atoms with Crippen LogP contribution in [0.2, 0.25) is 0 Å². The molecule has 0 spiro atoms. The number of carbonyl (C=O) groups excluding carboxylic acids is 1. The van der Waals surface area contributed by atoms with Gasteiger partial charge >= 0.3 is 5.97 Å². The van der Waals surface area contributed by atoms with Crippen molar-refractivity contribution in [1.29, 1.82) is 0 Å². The van der Waals surface area contributed by atoms with Crippen LogP contribution in [0.25, 0.3) is 0 Å². The number of aliphatic carboxylic acids is 1. The lowest BCUT2D eigenvalue weighted by molar-refractivity contribution is -0.137. The summed E-state index contributed by atoms with van der Waals surface area (Å²) in [7, 11) is 0. The second-order valence-electron chi connectivity index (χ2n) is 4.00. The standard InChI is InChI=1S/C12H15BrN2O3/c1-8(4-2-6-10(16)17)15-12(18)9-5-3-7-14-11(9)13/h3,5,7-8H,2,4,6H2,1H3,(H,15,18)(H,16,17). The monoisotopic (exact) mass is 314 g/mol. The molecule has 98 valence electrons. The van der Waals surface area contributed by atoms with Crippen molar-refractivity contribution in [1.82, 2.24) is 10.3 Å². The number of aromatic nitrogens is 1. The first-order valence-electron chi connectivity index (χ1n) is 5.64. The molecule has 0 aliphatic carbocycles. The van der Waals surface area contributed by atoms with Gasteiger partial charge in [0.25, 0.3) is 5.91 Å². The van der Waals surface area contributed by atoms with Crippen molar-refractivity contribution in [3.63, 3.8) is 0 Å². The maximum Gasteiger partial charge on any atom is 0.303 e. The number of nitrogens with one attached hydrogen (secondary N) is 1. The third kappa shape index (κ3) is 4.83. The van der Waals surface area contributed by atoms with Gasteiger partial charge in [-0.1, -0.05) is 0 Å². The highest BCUT2D eigenvalue weighted by Crippen LogP contribution is 2.12. The molecule has 0 aliphatic rings. The Morgan fingerprint density at radius 2 is 2.28 bits per heavy atom. The smallest absolute Gasteiger partial charge is 0.303 e. The minimum atomic E-state index is -0.816. The minimum absolute atomic E-state index is 0.0658. The molecule has 1 heterocycles. The number of hydrogen-bond donors (Lipinski definition) is 2. The van der Waals surface area contributed by atoms with Crippen molar-refractivity contribution in [3.8, 4) is 0 Å². The van der Waals surface area contributed by atoms with E-state index in [0.29, 0.717) is 23.0 Å².